The second-order valence-electron chi connectivity index (χ2n) is 7.29. The van der Waals surface area contributed by atoms with Crippen LogP contribution in [0.1, 0.15) is 33.6 Å². The second kappa shape index (κ2) is 8.93. The Balaban J connectivity index is 1.52. The van der Waals surface area contributed by atoms with Crippen molar-refractivity contribution >= 4 is 17.3 Å². The van der Waals surface area contributed by atoms with Crippen molar-refractivity contribution in [3.8, 4) is 5.75 Å². The number of carbonyl (C=O) groups is 1. The Hall–Kier alpha value is -2.14. The van der Waals surface area contributed by atoms with Gasteiger partial charge in [-0.05, 0) is 42.0 Å². The van der Waals surface area contributed by atoms with Crippen molar-refractivity contribution in [3.05, 3.63) is 51.7 Å². The van der Waals surface area contributed by atoms with Gasteiger partial charge in [0, 0.05) is 19.6 Å². The van der Waals surface area contributed by atoms with E-state index in [9.17, 15) is 28.2 Å². The molecule has 0 radical (unpaired) electrons. The van der Waals surface area contributed by atoms with Crippen molar-refractivity contribution in [2.75, 3.05) is 26.2 Å². The zero-order valence-corrected chi connectivity index (χ0v) is 16.7. The van der Waals surface area contributed by atoms with E-state index in [4.69, 9.17) is 9.84 Å². The molecule has 3 N–H and O–H groups in total. The summed E-state index contributed by atoms with van der Waals surface area (Å²) in [5, 5.41) is 31.7. The number of aromatic carboxylic acids is 1. The minimum absolute atomic E-state index is 0.0614. The Morgan fingerprint density at radius 2 is 1.97 bits per heavy atom. The number of aliphatic hydroxyl groups is 2. The van der Waals surface area contributed by atoms with E-state index in [2.05, 4.69) is 0 Å². The zero-order chi connectivity index (χ0) is 21.9. The van der Waals surface area contributed by atoms with Gasteiger partial charge in [-0.15, -0.1) is 11.3 Å². The molecule has 0 saturated carbocycles. The summed E-state index contributed by atoms with van der Waals surface area (Å²) in [6, 6.07) is 6.27. The lowest BCUT2D eigenvalue weighted by atomic mass is 9.83. The van der Waals surface area contributed by atoms with Crippen LogP contribution in [0.5, 0.6) is 5.75 Å². The lowest BCUT2D eigenvalue weighted by molar-refractivity contribution is -0.137. The van der Waals surface area contributed by atoms with E-state index in [1.54, 1.807) is 5.38 Å². The smallest absolute Gasteiger partial charge is 0.416 e. The fourth-order valence-corrected chi connectivity index (χ4v) is 4.15. The first-order valence-corrected chi connectivity index (χ1v) is 10.2. The molecule has 30 heavy (non-hydrogen) atoms. The van der Waals surface area contributed by atoms with Gasteiger partial charge < -0.3 is 25.0 Å². The van der Waals surface area contributed by atoms with Gasteiger partial charge in [0.05, 0.1) is 11.2 Å². The van der Waals surface area contributed by atoms with E-state index in [-0.39, 0.29) is 42.2 Å². The lowest BCUT2D eigenvalue weighted by Crippen LogP contribution is -2.46. The van der Waals surface area contributed by atoms with Crippen LogP contribution in [0, 0.1) is 0 Å². The number of benzene rings is 1. The van der Waals surface area contributed by atoms with Crippen molar-refractivity contribution in [3.63, 3.8) is 0 Å². The summed E-state index contributed by atoms with van der Waals surface area (Å²) in [7, 11) is 0. The van der Waals surface area contributed by atoms with Crippen LogP contribution in [0.4, 0.5) is 13.2 Å². The molecule has 1 aromatic carbocycles. The third-order valence-electron chi connectivity index (χ3n) is 5.13. The summed E-state index contributed by atoms with van der Waals surface area (Å²) in [4.78, 5) is 13.0. The molecular weight excluding hydrogens is 423 g/mol. The van der Waals surface area contributed by atoms with Gasteiger partial charge in [-0.1, -0.05) is 12.1 Å². The molecule has 6 nitrogen and oxygen atoms in total. The number of carboxylic acid groups (broad SMARTS) is 1. The molecule has 0 amide bonds. The molecule has 1 atom stereocenters. The summed E-state index contributed by atoms with van der Waals surface area (Å²) < 4.78 is 44.2. The summed E-state index contributed by atoms with van der Waals surface area (Å²) >= 11 is 1.03. The van der Waals surface area contributed by atoms with Crippen LogP contribution in [0.25, 0.3) is 0 Å². The number of piperidine rings is 1. The maximum atomic E-state index is 12.9. The van der Waals surface area contributed by atoms with E-state index >= 15 is 0 Å². The van der Waals surface area contributed by atoms with E-state index < -0.39 is 29.4 Å². The first-order valence-electron chi connectivity index (χ1n) is 9.32. The molecule has 10 heteroatoms. The molecule has 2 heterocycles. The summed E-state index contributed by atoms with van der Waals surface area (Å²) in [6.45, 7) is 0.932. The number of ether oxygens (including phenoxy) is 1. The molecule has 1 fully saturated rings. The Morgan fingerprint density at radius 3 is 2.60 bits per heavy atom. The molecule has 1 unspecified atom stereocenters. The average Bonchev–Trinajstić information content (AvgIpc) is 3.17. The summed E-state index contributed by atoms with van der Waals surface area (Å²) in [5.41, 5.74) is -1.91. The number of halogens is 3. The third-order valence-corrected chi connectivity index (χ3v) is 6.02. The summed E-state index contributed by atoms with van der Waals surface area (Å²) in [6.07, 6.45) is -4.89. The van der Waals surface area contributed by atoms with Gasteiger partial charge in [0.1, 0.15) is 18.5 Å². The monoisotopic (exact) mass is 445 g/mol. The largest absolute Gasteiger partial charge is 0.489 e. The lowest BCUT2D eigenvalue weighted by Gasteiger charge is -2.39. The van der Waals surface area contributed by atoms with Crippen molar-refractivity contribution in [1.82, 2.24) is 4.90 Å². The number of alkyl halides is 3. The van der Waals surface area contributed by atoms with Gasteiger partial charge >= 0.3 is 12.1 Å². The number of rotatable bonds is 7. The Kier molecular flexibility index (Phi) is 6.71. The number of hydrogen-bond acceptors (Lipinski definition) is 6. The fourth-order valence-electron chi connectivity index (χ4n) is 3.48. The number of β-amino-alcohol motifs (C(OH)–C–C–N with tert-alkyl or cyclic N) is 1. The first-order chi connectivity index (χ1) is 14.1. The number of thiophene rings is 1. The number of carboxylic acids is 1. The molecule has 0 spiro atoms. The summed E-state index contributed by atoms with van der Waals surface area (Å²) in [5.74, 6) is -0.900. The zero-order valence-electron chi connectivity index (χ0n) is 15.9. The quantitative estimate of drug-likeness (QED) is 0.607. The normalized spacial score (nSPS) is 18.2. The van der Waals surface area contributed by atoms with Crippen molar-refractivity contribution in [1.29, 1.82) is 0 Å². The molecule has 1 aliphatic rings. The molecule has 1 saturated heterocycles. The van der Waals surface area contributed by atoms with Gasteiger partial charge in [0.15, 0.2) is 4.88 Å². The van der Waals surface area contributed by atoms with Crippen LogP contribution in [0.3, 0.4) is 0 Å². The molecule has 3 rings (SSSR count). The van der Waals surface area contributed by atoms with Crippen LogP contribution in [0.2, 0.25) is 0 Å². The molecule has 164 valence electrons. The molecule has 2 aromatic rings. The maximum absolute atomic E-state index is 12.9. The number of nitrogens with zero attached hydrogens (tertiary/aromatic N) is 1. The highest BCUT2D eigenvalue weighted by molar-refractivity contribution is 7.12. The number of hydrogen-bond donors (Lipinski definition) is 3. The topological polar surface area (TPSA) is 90.2 Å². The maximum Gasteiger partial charge on any atom is 0.416 e. The van der Waals surface area contributed by atoms with Gasteiger partial charge in [-0.3, -0.25) is 0 Å². The van der Waals surface area contributed by atoms with Crippen molar-refractivity contribution in [2.24, 2.45) is 0 Å². The number of likely N-dealkylation sites (tertiary alicyclic amines) is 1. The predicted octanol–water partition coefficient (Wildman–Crippen LogP) is 3.19. The number of aliphatic hydroxyl groups excluding tert-OH is 1. The molecule has 1 aliphatic heterocycles. The SMILES string of the molecule is O=C(O)c1sccc1OCC(O)CN1CCC(O)(c2cccc(C(F)(F)F)c2)CC1. The fraction of sp³-hybridized carbons (Fsp3) is 0.450. The standard InChI is InChI=1S/C20H22F3NO5S/c21-20(22,23)14-3-1-2-13(10-14)19(28)5-7-24(8-6-19)11-15(25)12-29-16-4-9-30-17(16)18(26)27/h1-4,9-10,15,25,28H,5-8,11-12H2,(H,26,27). The van der Waals surface area contributed by atoms with Crippen LogP contribution in [-0.4, -0.2) is 58.5 Å². The highest BCUT2D eigenvalue weighted by Crippen LogP contribution is 2.36. The van der Waals surface area contributed by atoms with Gasteiger partial charge in [0.25, 0.3) is 0 Å². The van der Waals surface area contributed by atoms with E-state index in [0.29, 0.717) is 13.1 Å². The third kappa shape index (κ3) is 5.31. The molecular formula is C20H22F3NO5S. The van der Waals surface area contributed by atoms with Gasteiger partial charge in [-0.25, -0.2) is 4.79 Å². The van der Waals surface area contributed by atoms with E-state index in [1.807, 2.05) is 4.90 Å². The Bertz CT molecular complexity index is 877. The highest BCUT2D eigenvalue weighted by Gasteiger charge is 2.37. The first kappa shape index (κ1) is 22.5. The second-order valence-corrected chi connectivity index (χ2v) is 8.21. The van der Waals surface area contributed by atoms with Crippen LogP contribution >= 0.6 is 11.3 Å². The molecule has 1 aromatic heterocycles. The van der Waals surface area contributed by atoms with Crippen LogP contribution in [0.15, 0.2) is 35.7 Å². The van der Waals surface area contributed by atoms with E-state index in [1.165, 1.54) is 18.2 Å². The van der Waals surface area contributed by atoms with Gasteiger partial charge in [0.2, 0.25) is 0 Å². The highest BCUT2D eigenvalue weighted by atomic mass is 32.1. The molecule has 0 bridgehead atoms. The van der Waals surface area contributed by atoms with Crippen molar-refractivity contribution < 1.29 is 38.0 Å². The van der Waals surface area contributed by atoms with Crippen LogP contribution in [-0.2, 0) is 11.8 Å². The Labute approximate surface area is 175 Å². The van der Waals surface area contributed by atoms with E-state index in [0.717, 1.165) is 23.5 Å². The average molecular weight is 445 g/mol. The predicted molar refractivity (Wildman–Crippen MR) is 104 cm³/mol. The van der Waals surface area contributed by atoms with Crippen LogP contribution < -0.4 is 4.74 Å². The van der Waals surface area contributed by atoms with Gasteiger partial charge in [-0.2, -0.15) is 13.2 Å². The molecule has 0 aliphatic carbocycles. The minimum Gasteiger partial charge on any atom is -0.489 e. The minimum atomic E-state index is -4.47. The van der Waals surface area contributed by atoms with Crippen molar-refractivity contribution in [2.45, 2.75) is 30.7 Å². The Morgan fingerprint density at radius 1 is 1.27 bits per heavy atom.